The molecule has 114 valence electrons. The van der Waals surface area contributed by atoms with Gasteiger partial charge in [0.1, 0.15) is 5.69 Å². The Kier molecular flexibility index (Phi) is 5.98. The first-order valence-electron chi connectivity index (χ1n) is 6.72. The fourth-order valence-corrected chi connectivity index (χ4v) is 2.24. The molecule has 6 nitrogen and oxygen atoms in total. The van der Waals surface area contributed by atoms with Crippen LogP contribution in [0.25, 0.3) is 0 Å². The molecule has 7 heteroatoms. The molecule has 1 aromatic heterocycles. The van der Waals surface area contributed by atoms with E-state index in [-0.39, 0.29) is 30.3 Å². The number of piperidine rings is 1. The minimum atomic E-state index is -0.532. The summed E-state index contributed by atoms with van der Waals surface area (Å²) in [6.07, 6.45) is 0.206. The highest BCUT2D eigenvalue weighted by molar-refractivity contribution is 5.92. The number of β-amino-alcohol motifs (C(OH)–C–C–N with tert-alkyl or cyclic N) is 1. The largest absolute Gasteiger partial charge is 0.390 e. The second-order valence-electron chi connectivity index (χ2n) is 5.37. The van der Waals surface area contributed by atoms with Crippen LogP contribution in [0.1, 0.15) is 42.4 Å². The van der Waals surface area contributed by atoms with Crippen LogP contribution in [0.4, 0.5) is 0 Å². The van der Waals surface area contributed by atoms with Gasteiger partial charge in [-0.3, -0.25) is 9.48 Å². The quantitative estimate of drug-likeness (QED) is 0.756. The molecular formula is C13H23ClN4O2. The average molecular weight is 303 g/mol. The minimum Gasteiger partial charge on any atom is -0.390 e. The number of rotatable bonds is 3. The van der Waals surface area contributed by atoms with Gasteiger partial charge in [0.15, 0.2) is 0 Å². The van der Waals surface area contributed by atoms with Crippen molar-refractivity contribution in [1.29, 1.82) is 0 Å². The van der Waals surface area contributed by atoms with Crippen molar-refractivity contribution < 1.29 is 9.90 Å². The number of hydrogen-bond donors (Lipinski definition) is 3. The number of aromatic nitrogens is 2. The van der Waals surface area contributed by atoms with Crippen LogP contribution in [0, 0.1) is 0 Å². The van der Waals surface area contributed by atoms with Crippen LogP contribution >= 0.6 is 12.4 Å². The topological polar surface area (TPSA) is 79.2 Å². The number of amides is 1. The molecule has 2 atom stereocenters. The number of nitrogens with zero attached hydrogens (tertiary/aromatic N) is 2. The molecular weight excluding hydrogens is 280 g/mol. The van der Waals surface area contributed by atoms with Crippen LogP contribution in [0.2, 0.25) is 0 Å². The standard InChI is InChI=1S/C13H22N4O2.ClH/c1-8(2)10-6-11(17(3)16-10)13(19)15-9-4-5-14-7-12(9)18;/h6,8-9,12,14,18H,4-5,7H2,1-3H3,(H,15,19);1H/t9-,12-;/m1./s1. The summed E-state index contributed by atoms with van der Waals surface area (Å²) in [6, 6.07) is 1.62. The first-order chi connectivity index (χ1) is 8.99. The normalized spacial score (nSPS) is 22.4. The number of halogens is 1. The fourth-order valence-electron chi connectivity index (χ4n) is 2.24. The van der Waals surface area contributed by atoms with E-state index in [0.717, 1.165) is 18.7 Å². The molecule has 1 aliphatic heterocycles. The molecule has 1 fully saturated rings. The van der Waals surface area contributed by atoms with E-state index in [4.69, 9.17) is 0 Å². The number of carbonyl (C=O) groups excluding carboxylic acids is 1. The minimum absolute atomic E-state index is 0. The predicted molar refractivity (Wildman–Crippen MR) is 79.3 cm³/mol. The summed E-state index contributed by atoms with van der Waals surface area (Å²) in [4.78, 5) is 12.2. The van der Waals surface area contributed by atoms with E-state index in [1.165, 1.54) is 0 Å². The van der Waals surface area contributed by atoms with Crippen molar-refractivity contribution in [3.63, 3.8) is 0 Å². The average Bonchev–Trinajstić information content (AvgIpc) is 2.74. The Morgan fingerprint density at radius 2 is 2.30 bits per heavy atom. The van der Waals surface area contributed by atoms with Crippen LogP contribution in [0.15, 0.2) is 6.07 Å². The van der Waals surface area contributed by atoms with Gasteiger partial charge in [0.25, 0.3) is 5.91 Å². The van der Waals surface area contributed by atoms with E-state index in [1.54, 1.807) is 11.7 Å². The summed E-state index contributed by atoms with van der Waals surface area (Å²) in [6.45, 7) is 5.42. The molecule has 0 unspecified atom stereocenters. The molecule has 1 amide bonds. The lowest BCUT2D eigenvalue weighted by Crippen LogP contribution is -2.52. The van der Waals surface area contributed by atoms with Gasteiger partial charge in [0, 0.05) is 13.6 Å². The zero-order valence-corrected chi connectivity index (χ0v) is 12.9. The molecule has 2 heterocycles. The molecule has 20 heavy (non-hydrogen) atoms. The van der Waals surface area contributed by atoms with Crippen molar-refractivity contribution in [2.45, 2.75) is 38.3 Å². The maximum Gasteiger partial charge on any atom is 0.269 e. The van der Waals surface area contributed by atoms with Crippen molar-refractivity contribution in [3.05, 3.63) is 17.5 Å². The van der Waals surface area contributed by atoms with Crippen LogP contribution in [-0.4, -0.2) is 46.0 Å². The van der Waals surface area contributed by atoms with Gasteiger partial charge in [-0.25, -0.2) is 0 Å². The third kappa shape index (κ3) is 3.71. The second-order valence-corrected chi connectivity index (χ2v) is 5.37. The molecule has 0 bridgehead atoms. The molecule has 2 rings (SSSR count). The maximum atomic E-state index is 12.2. The maximum absolute atomic E-state index is 12.2. The highest BCUT2D eigenvalue weighted by atomic mass is 35.5. The van der Waals surface area contributed by atoms with Crippen LogP contribution in [0.5, 0.6) is 0 Å². The summed E-state index contributed by atoms with van der Waals surface area (Å²) in [5.41, 5.74) is 1.44. The number of aliphatic hydroxyl groups excluding tert-OH is 1. The van der Waals surface area contributed by atoms with Crippen LogP contribution in [0.3, 0.4) is 0 Å². The zero-order valence-electron chi connectivity index (χ0n) is 12.1. The van der Waals surface area contributed by atoms with Gasteiger partial charge < -0.3 is 15.7 Å². The molecule has 0 radical (unpaired) electrons. The lowest BCUT2D eigenvalue weighted by Gasteiger charge is -2.28. The fraction of sp³-hybridized carbons (Fsp3) is 0.692. The Balaban J connectivity index is 0.00000200. The Morgan fingerprint density at radius 1 is 1.60 bits per heavy atom. The third-order valence-corrected chi connectivity index (χ3v) is 3.49. The van der Waals surface area contributed by atoms with Crippen molar-refractivity contribution >= 4 is 18.3 Å². The Bertz CT molecular complexity index is 461. The van der Waals surface area contributed by atoms with E-state index in [2.05, 4.69) is 15.7 Å². The zero-order chi connectivity index (χ0) is 14.0. The van der Waals surface area contributed by atoms with E-state index >= 15 is 0 Å². The number of aryl methyl sites for hydroxylation is 1. The molecule has 0 aromatic carbocycles. The third-order valence-electron chi connectivity index (χ3n) is 3.49. The van der Waals surface area contributed by atoms with Crippen molar-refractivity contribution in [2.75, 3.05) is 13.1 Å². The van der Waals surface area contributed by atoms with E-state index in [1.807, 2.05) is 19.9 Å². The molecule has 1 aliphatic rings. The molecule has 1 saturated heterocycles. The Hall–Kier alpha value is -1.11. The lowest BCUT2D eigenvalue weighted by atomic mass is 10.0. The Labute approximate surface area is 125 Å². The van der Waals surface area contributed by atoms with Gasteiger partial charge in [0.2, 0.25) is 0 Å². The smallest absolute Gasteiger partial charge is 0.269 e. The second kappa shape index (κ2) is 7.06. The summed E-state index contributed by atoms with van der Waals surface area (Å²) in [5.74, 6) is 0.116. The number of aliphatic hydroxyl groups is 1. The number of hydrogen-bond acceptors (Lipinski definition) is 4. The van der Waals surface area contributed by atoms with Crippen LogP contribution in [-0.2, 0) is 7.05 Å². The van der Waals surface area contributed by atoms with Gasteiger partial charge in [-0.2, -0.15) is 5.10 Å². The summed E-state index contributed by atoms with van der Waals surface area (Å²) in [5, 5.41) is 20.1. The van der Waals surface area contributed by atoms with Crippen molar-refractivity contribution in [1.82, 2.24) is 20.4 Å². The summed E-state index contributed by atoms with van der Waals surface area (Å²) >= 11 is 0. The van der Waals surface area contributed by atoms with Crippen molar-refractivity contribution in [3.8, 4) is 0 Å². The Morgan fingerprint density at radius 3 is 2.85 bits per heavy atom. The number of nitrogens with one attached hydrogen (secondary N) is 2. The van der Waals surface area contributed by atoms with E-state index in [9.17, 15) is 9.90 Å². The highest BCUT2D eigenvalue weighted by Crippen LogP contribution is 2.14. The van der Waals surface area contributed by atoms with Crippen LogP contribution < -0.4 is 10.6 Å². The van der Waals surface area contributed by atoms with Gasteiger partial charge in [0.05, 0.1) is 17.8 Å². The van der Waals surface area contributed by atoms with Gasteiger partial charge >= 0.3 is 0 Å². The first kappa shape index (κ1) is 16.9. The lowest BCUT2D eigenvalue weighted by molar-refractivity contribution is 0.0758. The summed E-state index contributed by atoms with van der Waals surface area (Å²) in [7, 11) is 1.76. The van der Waals surface area contributed by atoms with Gasteiger partial charge in [-0.15, -0.1) is 12.4 Å². The molecule has 3 N–H and O–H groups in total. The first-order valence-corrected chi connectivity index (χ1v) is 6.72. The summed E-state index contributed by atoms with van der Waals surface area (Å²) < 4.78 is 1.60. The van der Waals surface area contributed by atoms with Gasteiger partial charge in [-0.1, -0.05) is 13.8 Å². The molecule has 1 aromatic rings. The SMILES string of the molecule is CC(C)c1cc(C(=O)N[C@@H]2CCNC[C@H]2O)n(C)n1.Cl. The molecule has 0 spiro atoms. The van der Waals surface area contributed by atoms with E-state index < -0.39 is 6.10 Å². The molecule has 0 saturated carbocycles. The number of carbonyl (C=O) groups is 1. The highest BCUT2D eigenvalue weighted by Gasteiger charge is 2.26. The molecule has 0 aliphatic carbocycles. The van der Waals surface area contributed by atoms with Gasteiger partial charge in [-0.05, 0) is 24.9 Å². The van der Waals surface area contributed by atoms with Crippen molar-refractivity contribution in [2.24, 2.45) is 7.05 Å². The van der Waals surface area contributed by atoms with E-state index in [0.29, 0.717) is 12.2 Å². The predicted octanol–water partition coefficient (Wildman–Crippen LogP) is 0.418. The monoisotopic (exact) mass is 302 g/mol.